The third kappa shape index (κ3) is 4.18. The van der Waals surface area contributed by atoms with Crippen molar-refractivity contribution in [2.24, 2.45) is 0 Å². The van der Waals surface area contributed by atoms with E-state index in [1.807, 2.05) is 0 Å². The zero-order valence-electron chi connectivity index (χ0n) is 10.8. The molecule has 1 aliphatic carbocycles. The molecule has 104 valence electrons. The molecule has 0 N–H and O–H groups in total. The Balaban J connectivity index is 1.97. The van der Waals surface area contributed by atoms with Gasteiger partial charge in [-0.3, -0.25) is 10.1 Å². The summed E-state index contributed by atoms with van der Waals surface area (Å²) in [7, 11) is 0. The van der Waals surface area contributed by atoms with Crippen LogP contribution in [0.1, 0.15) is 44.1 Å². The molecule has 0 spiro atoms. The van der Waals surface area contributed by atoms with Crippen LogP contribution in [-0.2, 0) is 11.3 Å². The van der Waals surface area contributed by atoms with Gasteiger partial charge in [-0.1, -0.05) is 37.3 Å². The maximum absolute atomic E-state index is 10.7. The van der Waals surface area contributed by atoms with Crippen LogP contribution < -0.4 is 0 Å². The average Bonchev–Trinajstić information content (AvgIpc) is 2.66. The van der Waals surface area contributed by atoms with E-state index in [2.05, 4.69) is 0 Å². The highest BCUT2D eigenvalue weighted by atomic mass is 35.5. The zero-order chi connectivity index (χ0) is 13.7. The van der Waals surface area contributed by atoms with Crippen LogP contribution in [0.15, 0.2) is 18.2 Å². The number of hydrogen-bond donors (Lipinski definition) is 0. The third-order valence-corrected chi connectivity index (χ3v) is 3.89. The maximum Gasteiger partial charge on any atom is 0.269 e. The summed E-state index contributed by atoms with van der Waals surface area (Å²) >= 11 is 6.05. The van der Waals surface area contributed by atoms with Crippen LogP contribution in [0.2, 0.25) is 5.02 Å². The van der Waals surface area contributed by atoms with E-state index in [9.17, 15) is 10.1 Å². The van der Waals surface area contributed by atoms with Crippen molar-refractivity contribution in [1.82, 2.24) is 0 Å². The Morgan fingerprint density at radius 3 is 2.58 bits per heavy atom. The molecule has 19 heavy (non-hydrogen) atoms. The Labute approximate surface area is 117 Å². The lowest BCUT2D eigenvalue weighted by molar-refractivity contribution is -0.385. The predicted molar refractivity (Wildman–Crippen MR) is 74.4 cm³/mol. The molecule has 4 nitrogen and oxygen atoms in total. The molecule has 0 unspecified atom stereocenters. The SMILES string of the molecule is O=[N+]([O-])c1ccc(Cl)c(COC2CCCCCC2)c1. The van der Waals surface area contributed by atoms with Gasteiger partial charge in [0.1, 0.15) is 0 Å². The summed E-state index contributed by atoms with van der Waals surface area (Å²) in [5.41, 5.74) is 0.754. The van der Waals surface area contributed by atoms with Crippen molar-refractivity contribution in [3.05, 3.63) is 38.9 Å². The van der Waals surface area contributed by atoms with E-state index in [4.69, 9.17) is 16.3 Å². The number of nitro groups is 1. The number of nitro benzene ring substituents is 1. The number of ether oxygens (including phenoxy) is 1. The smallest absolute Gasteiger partial charge is 0.269 e. The zero-order valence-corrected chi connectivity index (χ0v) is 11.6. The standard InChI is InChI=1S/C14H18ClNO3/c15-14-8-7-12(16(17)18)9-11(14)10-19-13-5-3-1-2-4-6-13/h7-9,13H,1-6,10H2. The molecule has 1 aromatic carbocycles. The van der Waals surface area contributed by atoms with E-state index < -0.39 is 4.92 Å². The Bertz CT molecular complexity index is 442. The molecule has 0 aliphatic heterocycles. The monoisotopic (exact) mass is 283 g/mol. The second kappa shape index (κ2) is 6.87. The predicted octanol–water partition coefficient (Wildman–Crippen LogP) is 4.49. The average molecular weight is 284 g/mol. The van der Waals surface area contributed by atoms with Crippen LogP contribution in [0.25, 0.3) is 0 Å². The number of hydrogen-bond acceptors (Lipinski definition) is 3. The minimum atomic E-state index is -0.411. The molecular weight excluding hydrogens is 266 g/mol. The van der Waals surface area contributed by atoms with E-state index in [0.29, 0.717) is 17.2 Å². The van der Waals surface area contributed by atoms with Crippen LogP contribution in [0.4, 0.5) is 5.69 Å². The van der Waals surface area contributed by atoms with Gasteiger partial charge in [0.05, 0.1) is 17.6 Å². The van der Waals surface area contributed by atoms with Gasteiger partial charge in [-0.15, -0.1) is 0 Å². The molecule has 0 atom stereocenters. The molecule has 0 aromatic heterocycles. The summed E-state index contributed by atoms with van der Waals surface area (Å²) in [5, 5.41) is 11.3. The lowest BCUT2D eigenvalue weighted by Gasteiger charge is -2.15. The Morgan fingerprint density at radius 1 is 1.26 bits per heavy atom. The molecule has 1 fully saturated rings. The van der Waals surface area contributed by atoms with Gasteiger partial charge >= 0.3 is 0 Å². The Hall–Kier alpha value is -1.13. The highest BCUT2D eigenvalue weighted by Crippen LogP contribution is 2.25. The fraction of sp³-hybridized carbons (Fsp3) is 0.571. The second-order valence-corrected chi connectivity index (χ2v) is 5.36. The fourth-order valence-electron chi connectivity index (χ4n) is 2.40. The number of benzene rings is 1. The molecule has 1 saturated carbocycles. The molecule has 0 amide bonds. The lowest BCUT2D eigenvalue weighted by atomic mass is 10.1. The molecule has 1 aromatic rings. The van der Waals surface area contributed by atoms with Crippen molar-refractivity contribution in [3.8, 4) is 0 Å². The Morgan fingerprint density at radius 2 is 1.95 bits per heavy atom. The van der Waals surface area contributed by atoms with Crippen molar-refractivity contribution in [2.75, 3.05) is 0 Å². The minimum absolute atomic E-state index is 0.0591. The second-order valence-electron chi connectivity index (χ2n) is 4.96. The molecule has 0 bridgehead atoms. The summed E-state index contributed by atoms with van der Waals surface area (Å²) in [6.45, 7) is 0.352. The number of nitrogens with zero attached hydrogens (tertiary/aromatic N) is 1. The van der Waals surface area contributed by atoms with E-state index in [0.717, 1.165) is 12.8 Å². The maximum atomic E-state index is 10.7. The van der Waals surface area contributed by atoms with E-state index in [-0.39, 0.29) is 11.8 Å². The van der Waals surface area contributed by atoms with Crippen LogP contribution in [0, 0.1) is 10.1 Å². The van der Waals surface area contributed by atoms with Crippen LogP contribution in [0.3, 0.4) is 0 Å². The first-order chi connectivity index (χ1) is 9.16. The van der Waals surface area contributed by atoms with Gasteiger partial charge in [-0.25, -0.2) is 0 Å². The molecule has 0 saturated heterocycles. The van der Waals surface area contributed by atoms with Gasteiger partial charge in [0.25, 0.3) is 5.69 Å². The van der Waals surface area contributed by atoms with Gasteiger partial charge in [-0.2, -0.15) is 0 Å². The summed E-state index contributed by atoms with van der Waals surface area (Å²) in [6, 6.07) is 4.47. The van der Waals surface area contributed by atoms with Crippen LogP contribution >= 0.6 is 11.6 Å². The molecule has 2 rings (SSSR count). The van der Waals surface area contributed by atoms with Gasteiger partial charge in [-0.05, 0) is 18.9 Å². The number of halogens is 1. The van der Waals surface area contributed by atoms with Crippen molar-refractivity contribution < 1.29 is 9.66 Å². The molecule has 0 heterocycles. The molecule has 5 heteroatoms. The van der Waals surface area contributed by atoms with Gasteiger partial charge in [0.15, 0.2) is 0 Å². The quantitative estimate of drug-likeness (QED) is 0.465. The first kappa shape index (κ1) is 14.3. The first-order valence-electron chi connectivity index (χ1n) is 6.71. The van der Waals surface area contributed by atoms with Crippen molar-refractivity contribution in [2.45, 2.75) is 51.2 Å². The van der Waals surface area contributed by atoms with E-state index >= 15 is 0 Å². The van der Waals surface area contributed by atoms with E-state index in [1.165, 1.54) is 37.8 Å². The minimum Gasteiger partial charge on any atom is -0.373 e. The summed E-state index contributed by atoms with van der Waals surface area (Å²) in [6.07, 6.45) is 7.37. The van der Waals surface area contributed by atoms with Crippen molar-refractivity contribution in [3.63, 3.8) is 0 Å². The fourth-order valence-corrected chi connectivity index (χ4v) is 2.57. The number of rotatable bonds is 4. The summed E-state index contributed by atoms with van der Waals surface area (Å²) in [4.78, 5) is 10.3. The topological polar surface area (TPSA) is 52.4 Å². The molecule has 1 aliphatic rings. The van der Waals surface area contributed by atoms with Gasteiger partial charge < -0.3 is 4.74 Å². The molecule has 0 radical (unpaired) electrons. The first-order valence-corrected chi connectivity index (χ1v) is 7.09. The van der Waals surface area contributed by atoms with Gasteiger partial charge in [0.2, 0.25) is 0 Å². The Kier molecular flexibility index (Phi) is 5.16. The van der Waals surface area contributed by atoms with E-state index in [1.54, 1.807) is 6.07 Å². The number of non-ortho nitro benzene ring substituents is 1. The summed E-state index contributed by atoms with van der Waals surface area (Å²) in [5.74, 6) is 0. The van der Waals surface area contributed by atoms with Crippen molar-refractivity contribution >= 4 is 17.3 Å². The van der Waals surface area contributed by atoms with Crippen LogP contribution in [-0.4, -0.2) is 11.0 Å². The van der Waals surface area contributed by atoms with Crippen LogP contribution in [0.5, 0.6) is 0 Å². The third-order valence-electron chi connectivity index (χ3n) is 3.52. The summed E-state index contributed by atoms with van der Waals surface area (Å²) < 4.78 is 5.86. The highest BCUT2D eigenvalue weighted by molar-refractivity contribution is 6.31. The van der Waals surface area contributed by atoms with Gasteiger partial charge in [0, 0.05) is 22.7 Å². The lowest BCUT2D eigenvalue weighted by Crippen LogP contribution is -2.11. The largest absolute Gasteiger partial charge is 0.373 e. The molecular formula is C14H18ClNO3. The normalized spacial score (nSPS) is 17.1. The highest BCUT2D eigenvalue weighted by Gasteiger charge is 2.15. The van der Waals surface area contributed by atoms with Crippen molar-refractivity contribution in [1.29, 1.82) is 0 Å².